The van der Waals surface area contributed by atoms with Crippen LogP contribution in [0, 0.1) is 0 Å². The normalized spacial score (nSPS) is 20.0. The molecule has 0 spiro atoms. The van der Waals surface area contributed by atoms with Gasteiger partial charge >= 0.3 is 0 Å². The molecule has 8 heteroatoms. The first-order chi connectivity index (χ1) is 10.2. The summed E-state index contributed by atoms with van der Waals surface area (Å²) in [4.78, 5) is 20.2. The van der Waals surface area contributed by atoms with Crippen molar-refractivity contribution in [1.82, 2.24) is 15.2 Å². The molecule has 0 bridgehead atoms. The van der Waals surface area contributed by atoms with E-state index < -0.39 is 0 Å². The number of nitrogens with zero attached hydrogens (tertiary/aromatic N) is 2. The highest BCUT2D eigenvalue weighted by Crippen LogP contribution is 2.27. The lowest BCUT2D eigenvalue weighted by Crippen LogP contribution is -2.44. The number of aryl methyl sites for hydroxylation is 2. The smallest absolute Gasteiger partial charge is 0.224 e. The Balaban J connectivity index is 0.00000132. The number of rotatable bonds is 4. The first-order valence-corrected chi connectivity index (χ1v) is 8.56. The van der Waals surface area contributed by atoms with Crippen LogP contribution in [0.2, 0.25) is 0 Å². The average molecular weight is 382 g/mol. The zero-order valence-corrected chi connectivity index (χ0v) is 15.8. The summed E-state index contributed by atoms with van der Waals surface area (Å²) < 4.78 is 5.39. The Morgan fingerprint density at radius 3 is 2.87 bits per heavy atom. The number of carbonyl (C=O) groups is 1. The van der Waals surface area contributed by atoms with Crippen LogP contribution in [0.4, 0.5) is 0 Å². The first-order valence-electron chi connectivity index (χ1n) is 7.75. The summed E-state index contributed by atoms with van der Waals surface area (Å²) in [5, 5.41) is 4.40. The Kier molecular flexibility index (Phi) is 8.79. The number of thiazole rings is 1. The van der Waals surface area contributed by atoms with E-state index in [0.717, 1.165) is 31.0 Å². The number of nitrogens with one attached hydrogen (secondary N) is 1. The van der Waals surface area contributed by atoms with Gasteiger partial charge in [0, 0.05) is 30.9 Å². The summed E-state index contributed by atoms with van der Waals surface area (Å²) in [6.45, 7) is 2.83. The van der Waals surface area contributed by atoms with Crippen molar-refractivity contribution >= 4 is 42.1 Å². The summed E-state index contributed by atoms with van der Waals surface area (Å²) in [6, 6.07) is 0.151. The second kappa shape index (κ2) is 9.79. The Morgan fingerprint density at radius 2 is 2.17 bits per heavy atom. The van der Waals surface area contributed by atoms with E-state index in [2.05, 4.69) is 5.32 Å². The van der Waals surface area contributed by atoms with E-state index >= 15 is 0 Å². The van der Waals surface area contributed by atoms with Crippen LogP contribution < -0.4 is 5.32 Å². The molecule has 0 aromatic carbocycles. The van der Waals surface area contributed by atoms with Crippen LogP contribution in [0.5, 0.6) is 0 Å². The van der Waals surface area contributed by atoms with Crippen LogP contribution in [-0.2, 0) is 28.9 Å². The standard InChI is InChI=1S/C15H23N3O2S.2ClH/c1-18(15(19)8-11-10-20-7-6-16-11)9-14-17-12-4-2-3-5-13(12)21-14;;/h11,16H,2-10H2,1H3;2*1H. The number of hydrogen-bond donors (Lipinski definition) is 1. The molecule has 1 saturated heterocycles. The first kappa shape index (κ1) is 20.6. The van der Waals surface area contributed by atoms with Gasteiger partial charge in [0.05, 0.1) is 25.5 Å². The minimum atomic E-state index is 0. The Morgan fingerprint density at radius 1 is 1.39 bits per heavy atom. The molecule has 1 N–H and O–H groups in total. The largest absolute Gasteiger partial charge is 0.378 e. The van der Waals surface area contributed by atoms with Gasteiger partial charge in [-0.2, -0.15) is 0 Å². The maximum atomic E-state index is 12.3. The molecule has 1 aliphatic carbocycles. The summed E-state index contributed by atoms with van der Waals surface area (Å²) in [5.41, 5.74) is 1.27. The fourth-order valence-electron chi connectivity index (χ4n) is 2.88. The molecule has 1 aromatic heterocycles. The van der Waals surface area contributed by atoms with Gasteiger partial charge < -0.3 is 15.0 Å². The van der Waals surface area contributed by atoms with E-state index in [1.54, 1.807) is 16.2 Å². The zero-order chi connectivity index (χ0) is 14.7. The summed E-state index contributed by atoms with van der Waals surface area (Å²) in [6.07, 6.45) is 5.29. The van der Waals surface area contributed by atoms with Crippen LogP contribution in [0.3, 0.4) is 0 Å². The molecule has 1 aliphatic heterocycles. The Bertz CT molecular complexity index is 483. The highest BCUT2D eigenvalue weighted by atomic mass is 35.5. The van der Waals surface area contributed by atoms with Gasteiger partial charge in [-0.3, -0.25) is 4.79 Å². The zero-order valence-electron chi connectivity index (χ0n) is 13.4. The number of morpholine rings is 1. The third-order valence-electron chi connectivity index (χ3n) is 4.11. The maximum Gasteiger partial charge on any atom is 0.224 e. The Hall–Kier alpha value is -0.400. The molecule has 1 aromatic rings. The van der Waals surface area contributed by atoms with E-state index in [0.29, 0.717) is 19.6 Å². The van der Waals surface area contributed by atoms with Gasteiger partial charge in [-0.1, -0.05) is 0 Å². The molecule has 0 saturated carbocycles. The topological polar surface area (TPSA) is 54.5 Å². The molecule has 1 unspecified atom stereocenters. The minimum absolute atomic E-state index is 0. The monoisotopic (exact) mass is 381 g/mol. The molecule has 23 heavy (non-hydrogen) atoms. The van der Waals surface area contributed by atoms with E-state index in [-0.39, 0.29) is 36.8 Å². The van der Waals surface area contributed by atoms with Crippen molar-refractivity contribution in [2.75, 3.05) is 26.8 Å². The van der Waals surface area contributed by atoms with Crippen LogP contribution in [0.25, 0.3) is 0 Å². The van der Waals surface area contributed by atoms with Crippen LogP contribution in [0.1, 0.15) is 34.8 Å². The molecular formula is C15H25Cl2N3O2S. The maximum absolute atomic E-state index is 12.3. The molecule has 0 radical (unpaired) electrons. The van der Waals surface area contributed by atoms with Crippen molar-refractivity contribution in [1.29, 1.82) is 0 Å². The van der Waals surface area contributed by atoms with Crippen LogP contribution in [0.15, 0.2) is 0 Å². The van der Waals surface area contributed by atoms with Gasteiger partial charge in [0.1, 0.15) is 5.01 Å². The fraction of sp³-hybridized carbons (Fsp3) is 0.733. The molecule has 1 atom stereocenters. The van der Waals surface area contributed by atoms with Crippen molar-refractivity contribution in [3.63, 3.8) is 0 Å². The second-order valence-corrected chi connectivity index (χ2v) is 7.03. The highest BCUT2D eigenvalue weighted by Gasteiger charge is 2.21. The Labute approximate surface area is 154 Å². The van der Waals surface area contributed by atoms with Crippen molar-refractivity contribution < 1.29 is 9.53 Å². The number of amides is 1. The van der Waals surface area contributed by atoms with Gasteiger partial charge in [0.15, 0.2) is 0 Å². The van der Waals surface area contributed by atoms with E-state index in [9.17, 15) is 4.79 Å². The predicted molar refractivity (Wildman–Crippen MR) is 97.0 cm³/mol. The lowest BCUT2D eigenvalue weighted by atomic mass is 10.0. The van der Waals surface area contributed by atoms with Crippen LogP contribution in [-0.4, -0.2) is 48.6 Å². The molecule has 2 aliphatic rings. The van der Waals surface area contributed by atoms with Crippen molar-refractivity contribution in [3.05, 3.63) is 15.6 Å². The van der Waals surface area contributed by atoms with Gasteiger partial charge in [0.25, 0.3) is 0 Å². The third-order valence-corrected chi connectivity index (χ3v) is 5.25. The van der Waals surface area contributed by atoms with E-state index in [1.165, 1.54) is 23.4 Å². The quantitative estimate of drug-likeness (QED) is 0.868. The van der Waals surface area contributed by atoms with Gasteiger partial charge in [-0.15, -0.1) is 36.2 Å². The second-order valence-electron chi connectivity index (χ2n) is 5.86. The van der Waals surface area contributed by atoms with E-state index in [4.69, 9.17) is 9.72 Å². The number of ether oxygens (including phenoxy) is 1. The predicted octanol–water partition coefficient (Wildman–Crippen LogP) is 2.20. The van der Waals surface area contributed by atoms with Crippen LogP contribution >= 0.6 is 36.2 Å². The van der Waals surface area contributed by atoms with Crippen molar-refractivity contribution in [3.8, 4) is 0 Å². The van der Waals surface area contributed by atoms with Gasteiger partial charge in [-0.05, 0) is 25.7 Å². The van der Waals surface area contributed by atoms with Crippen molar-refractivity contribution in [2.24, 2.45) is 0 Å². The molecule has 3 rings (SSSR count). The molecule has 1 fully saturated rings. The highest BCUT2D eigenvalue weighted by molar-refractivity contribution is 7.11. The van der Waals surface area contributed by atoms with Gasteiger partial charge in [0.2, 0.25) is 5.91 Å². The van der Waals surface area contributed by atoms with E-state index in [1.807, 2.05) is 7.05 Å². The lowest BCUT2D eigenvalue weighted by molar-refractivity contribution is -0.131. The molecule has 5 nitrogen and oxygen atoms in total. The number of hydrogen-bond acceptors (Lipinski definition) is 5. The SMILES string of the molecule is CN(Cc1nc2c(s1)CCCC2)C(=O)CC1COCCN1.Cl.Cl. The summed E-state index contributed by atoms with van der Waals surface area (Å²) in [7, 11) is 1.87. The number of halogens is 2. The number of carbonyl (C=O) groups excluding carboxylic acids is 1. The molecule has 2 heterocycles. The lowest BCUT2D eigenvalue weighted by Gasteiger charge is -2.25. The molecular weight excluding hydrogens is 357 g/mol. The summed E-state index contributed by atoms with van der Waals surface area (Å²) in [5.74, 6) is 0.158. The molecule has 132 valence electrons. The minimum Gasteiger partial charge on any atom is -0.378 e. The van der Waals surface area contributed by atoms with Gasteiger partial charge in [-0.25, -0.2) is 4.98 Å². The number of fused-ring (bicyclic) bond motifs is 1. The fourth-order valence-corrected chi connectivity index (χ4v) is 4.09. The number of aromatic nitrogens is 1. The summed E-state index contributed by atoms with van der Waals surface area (Å²) >= 11 is 1.78. The average Bonchev–Trinajstić information content (AvgIpc) is 2.90. The molecule has 1 amide bonds. The van der Waals surface area contributed by atoms with Crippen molar-refractivity contribution in [2.45, 2.75) is 44.7 Å². The third kappa shape index (κ3) is 5.57.